The van der Waals surface area contributed by atoms with Gasteiger partial charge in [-0.3, -0.25) is 0 Å². The first-order valence-electron chi connectivity index (χ1n) is 8.64. The molecule has 3 aromatic rings. The van der Waals surface area contributed by atoms with Crippen molar-refractivity contribution in [2.24, 2.45) is 0 Å². The summed E-state index contributed by atoms with van der Waals surface area (Å²) in [5, 5.41) is 0. The minimum atomic E-state index is -3.44. The predicted octanol–water partition coefficient (Wildman–Crippen LogP) is 3.64. The van der Waals surface area contributed by atoms with Gasteiger partial charge in [-0.2, -0.15) is 0 Å². The lowest BCUT2D eigenvalue weighted by molar-refractivity contribution is 0.513. The minimum absolute atomic E-state index is 0.0753. The lowest BCUT2D eigenvalue weighted by atomic mass is 10.1. The van der Waals surface area contributed by atoms with Gasteiger partial charge < -0.3 is 4.57 Å². The van der Waals surface area contributed by atoms with Gasteiger partial charge in [0, 0.05) is 6.54 Å². The summed E-state index contributed by atoms with van der Waals surface area (Å²) < 4.78 is 42.8. The Balaban J connectivity index is 1.91. The van der Waals surface area contributed by atoms with Gasteiger partial charge in [0.25, 0.3) is 0 Å². The quantitative estimate of drug-likeness (QED) is 0.654. The number of aromatic nitrogens is 2. The Bertz CT molecular complexity index is 968. The number of benzene rings is 2. The molecule has 7 heteroatoms. The van der Waals surface area contributed by atoms with Crippen LogP contribution >= 0.6 is 0 Å². The maximum Gasteiger partial charge on any atom is 0.212 e. The van der Waals surface area contributed by atoms with E-state index < -0.39 is 16.1 Å². The molecule has 0 radical (unpaired) electrons. The van der Waals surface area contributed by atoms with Crippen molar-refractivity contribution in [2.45, 2.75) is 32.4 Å². The van der Waals surface area contributed by atoms with Crippen molar-refractivity contribution in [3.8, 4) is 0 Å². The van der Waals surface area contributed by atoms with Crippen molar-refractivity contribution in [3.05, 3.63) is 66.2 Å². The van der Waals surface area contributed by atoms with Crippen LogP contribution in [0.1, 0.15) is 31.4 Å². The van der Waals surface area contributed by atoms with Crippen molar-refractivity contribution in [3.63, 3.8) is 0 Å². The van der Waals surface area contributed by atoms with Gasteiger partial charge in [0.05, 0.1) is 29.2 Å². The van der Waals surface area contributed by atoms with Crippen molar-refractivity contribution >= 4 is 21.1 Å². The molecule has 0 bridgehead atoms. The van der Waals surface area contributed by atoms with Crippen LogP contribution in [0.25, 0.3) is 11.0 Å². The second kappa shape index (κ2) is 7.97. The second-order valence-electron chi connectivity index (χ2n) is 6.28. The van der Waals surface area contributed by atoms with Gasteiger partial charge in [-0.25, -0.2) is 22.5 Å². The molecular formula is C19H22FN3O2S. The van der Waals surface area contributed by atoms with Gasteiger partial charge in [0.15, 0.2) is 0 Å². The van der Waals surface area contributed by atoms with E-state index in [1.165, 1.54) is 12.1 Å². The smallest absolute Gasteiger partial charge is 0.212 e. The molecule has 0 aliphatic heterocycles. The number of hydrogen-bond acceptors (Lipinski definition) is 3. The van der Waals surface area contributed by atoms with Gasteiger partial charge in [-0.05, 0) is 36.2 Å². The number of fused-ring (bicyclic) bond motifs is 1. The lowest BCUT2D eigenvalue weighted by Gasteiger charge is -2.20. The Hall–Kier alpha value is -2.25. The molecule has 1 unspecified atom stereocenters. The zero-order valence-electron chi connectivity index (χ0n) is 14.6. The van der Waals surface area contributed by atoms with Crippen LogP contribution in [-0.4, -0.2) is 23.7 Å². The number of unbranched alkanes of at least 4 members (excludes halogenated alkanes) is 1. The van der Waals surface area contributed by atoms with Crippen LogP contribution < -0.4 is 4.72 Å². The summed E-state index contributed by atoms with van der Waals surface area (Å²) in [6.07, 6.45) is 3.09. The molecule has 0 spiro atoms. The van der Waals surface area contributed by atoms with Gasteiger partial charge in [0.1, 0.15) is 5.82 Å². The van der Waals surface area contributed by atoms with Gasteiger partial charge >= 0.3 is 0 Å². The molecule has 1 aromatic heterocycles. The molecule has 2 aromatic carbocycles. The van der Waals surface area contributed by atoms with E-state index in [-0.39, 0.29) is 11.6 Å². The summed E-state index contributed by atoms with van der Waals surface area (Å²) >= 11 is 0. The predicted molar refractivity (Wildman–Crippen MR) is 101 cm³/mol. The first kappa shape index (κ1) is 18.5. The highest BCUT2D eigenvalue weighted by atomic mass is 32.2. The number of hydrogen-bond donors (Lipinski definition) is 1. The van der Waals surface area contributed by atoms with Gasteiger partial charge in [-0.1, -0.05) is 37.6 Å². The van der Waals surface area contributed by atoms with Crippen LogP contribution in [0.5, 0.6) is 0 Å². The topological polar surface area (TPSA) is 64.0 Å². The van der Waals surface area contributed by atoms with E-state index in [0.717, 1.165) is 17.5 Å². The number of imidazole rings is 1. The fraction of sp³-hybridized carbons (Fsp3) is 0.316. The number of nitrogens with zero attached hydrogens (tertiary/aromatic N) is 2. The normalized spacial score (nSPS) is 13.2. The van der Waals surface area contributed by atoms with Gasteiger partial charge in [-0.15, -0.1) is 0 Å². The number of para-hydroxylation sites is 2. The summed E-state index contributed by atoms with van der Waals surface area (Å²) in [6.45, 7) is 2.32. The molecule has 0 amide bonds. The molecule has 3 rings (SSSR count). The Kier molecular flexibility index (Phi) is 5.68. The Morgan fingerprint density at radius 1 is 1.15 bits per heavy atom. The average Bonchev–Trinajstić information content (AvgIpc) is 3.03. The van der Waals surface area contributed by atoms with Crippen LogP contribution in [0, 0.1) is 5.82 Å². The van der Waals surface area contributed by atoms with Crippen molar-refractivity contribution in [1.82, 2.24) is 14.3 Å². The third-order valence-electron chi connectivity index (χ3n) is 4.27. The fourth-order valence-corrected chi connectivity index (χ4v) is 4.30. The average molecular weight is 375 g/mol. The highest BCUT2D eigenvalue weighted by Crippen LogP contribution is 2.21. The van der Waals surface area contributed by atoms with Crippen molar-refractivity contribution < 1.29 is 12.8 Å². The monoisotopic (exact) mass is 375 g/mol. The fourth-order valence-electron chi connectivity index (χ4n) is 2.87. The zero-order valence-corrected chi connectivity index (χ0v) is 15.4. The SMILES string of the molecule is CCCCS(=O)(=O)NC(Cn1cnc2ccccc21)c1ccc(F)cc1. The summed E-state index contributed by atoms with van der Waals surface area (Å²) in [5.41, 5.74) is 2.48. The molecule has 138 valence electrons. The molecule has 26 heavy (non-hydrogen) atoms. The molecule has 1 atom stereocenters. The molecule has 0 aliphatic carbocycles. The summed E-state index contributed by atoms with van der Waals surface area (Å²) in [4.78, 5) is 4.35. The standard InChI is InChI=1S/C19H22FN3O2S/c1-2-3-12-26(24,25)22-18(15-8-10-16(20)11-9-15)13-23-14-21-17-6-4-5-7-19(17)23/h4-11,14,18,22H,2-3,12-13H2,1H3. The summed E-state index contributed by atoms with van der Waals surface area (Å²) in [5.74, 6) is -0.277. The zero-order chi connectivity index (χ0) is 18.6. The van der Waals surface area contributed by atoms with E-state index >= 15 is 0 Å². The third-order valence-corrected chi connectivity index (χ3v) is 5.74. The van der Waals surface area contributed by atoms with Gasteiger partial charge in [0.2, 0.25) is 10.0 Å². The Labute approximate surface area is 152 Å². The van der Waals surface area contributed by atoms with E-state index in [0.29, 0.717) is 18.5 Å². The summed E-state index contributed by atoms with van der Waals surface area (Å²) in [6, 6.07) is 13.1. The van der Waals surface area contributed by atoms with E-state index in [4.69, 9.17) is 0 Å². The van der Waals surface area contributed by atoms with E-state index in [1.807, 2.05) is 35.8 Å². The third kappa shape index (κ3) is 4.47. The highest BCUT2D eigenvalue weighted by molar-refractivity contribution is 7.89. The largest absolute Gasteiger partial charge is 0.329 e. The number of nitrogens with one attached hydrogen (secondary N) is 1. The first-order valence-corrected chi connectivity index (χ1v) is 10.3. The van der Waals surface area contributed by atoms with E-state index in [1.54, 1.807) is 18.5 Å². The van der Waals surface area contributed by atoms with Crippen LogP contribution in [0.15, 0.2) is 54.9 Å². The molecule has 5 nitrogen and oxygen atoms in total. The molecule has 1 heterocycles. The number of sulfonamides is 1. The number of halogens is 1. The number of rotatable bonds is 8. The molecule has 0 saturated heterocycles. The molecule has 0 fully saturated rings. The summed E-state index contributed by atoms with van der Waals surface area (Å²) in [7, 11) is -3.44. The molecule has 0 saturated carbocycles. The molecule has 0 aliphatic rings. The maximum atomic E-state index is 13.3. The van der Waals surface area contributed by atoms with Crippen LogP contribution in [0.3, 0.4) is 0 Å². The van der Waals surface area contributed by atoms with Crippen LogP contribution in [0.4, 0.5) is 4.39 Å². The lowest BCUT2D eigenvalue weighted by Crippen LogP contribution is -2.33. The van der Waals surface area contributed by atoms with Crippen molar-refractivity contribution in [2.75, 3.05) is 5.75 Å². The van der Waals surface area contributed by atoms with Crippen LogP contribution in [0.2, 0.25) is 0 Å². The second-order valence-corrected chi connectivity index (χ2v) is 8.15. The Morgan fingerprint density at radius 2 is 1.88 bits per heavy atom. The maximum absolute atomic E-state index is 13.3. The van der Waals surface area contributed by atoms with Crippen LogP contribution in [-0.2, 0) is 16.6 Å². The van der Waals surface area contributed by atoms with E-state index in [9.17, 15) is 12.8 Å². The highest BCUT2D eigenvalue weighted by Gasteiger charge is 2.20. The first-order chi connectivity index (χ1) is 12.5. The molecule has 1 N–H and O–H groups in total. The minimum Gasteiger partial charge on any atom is -0.329 e. The Morgan fingerprint density at radius 3 is 2.62 bits per heavy atom. The molecular weight excluding hydrogens is 353 g/mol. The van der Waals surface area contributed by atoms with E-state index in [2.05, 4.69) is 9.71 Å². The van der Waals surface area contributed by atoms with Crippen molar-refractivity contribution in [1.29, 1.82) is 0 Å².